The monoisotopic (exact) mass is 599 g/mol. The van der Waals surface area contributed by atoms with Crippen LogP contribution in [0.15, 0.2) is 133 Å². The number of benzene rings is 4. The lowest BCUT2D eigenvalue weighted by Gasteiger charge is -2.20. The third-order valence-corrected chi connectivity index (χ3v) is 7.74. The summed E-state index contributed by atoms with van der Waals surface area (Å²) in [6, 6.07) is 33.5. The van der Waals surface area contributed by atoms with E-state index < -0.39 is 0 Å². The van der Waals surface area contributed by atoms with Gasteiger partial charge in [-0.3, -0.25) is 10.0 Å². The van der Waals surface area contributed by atoms with Gasteiger partial charge in [0.15, 0.2) is 0 Å². The van der Waals surface area contributed by atoms with Crippen LogP contribution in [-0.4, -0.2) is 42.3 Å². The second-order valence-corrected chi connectivity index (χ2v) is 10.6. The van der Waals surface area contributed by atoms with Crippen molar-refractivity contribution in [2.75, 3.05) is 36.3 Å². The van der Waals surface area contributed by atoms with Crippen molar-refractivity contribution < 1.29 is 9.47 Å². The molecule has 0 radical (unpaired) electrons. The number of para-hydroxylation sites is 2. The molecule has 0 aliphatic rings. The lowest BCUT2D eigenvalue weighted by atomic mass is 10.0. The van der Waals surface area contributed by atoms with Gasteiger partial charge in [-0.25, -0.2) is 0 Å². The average molecular weight is 600 g/mol. The molecule has 0 atom stereocenters. The molecule has 0 aliphatic heterocycles. The van der Waals surface area contributed by atoms with E-state index in [9.17, 15) is 0 Å². The summed E-state index contributed by atoms with van der Waals surface area (Å²) >= 11 is 0. The van der Waals surface area contributed by atoms with Gasteiger partial charge < -0.3 is 14.0 Å². The van der Waals surface area contributed by atoms with Crippen LogP contribution in [0.1, 0.15) is 31.9 Å². The Morgan fingerprint density at radius 3 is 1.47 bits per heavy atom. The Hall–Kier alpha value is -5.30. The maximum absolute atomic E-state index is 5.43. The van der Waals surface area contributed by atoms with Crippen LogP contribution in [0, 0.1) is 0 Å². The van der Waals surface area contributed by atoms with Crippen LogP contribution in [0.2, 0.25) is 0 Å². The fourth-order valence-electron chi connectivity index (χ4n) is 5.49. The molecular weight excluding hydrogens is 558 g/mol. The number of nitrogens with zero attached hydrogens (tertiary/aromatic N) is 5. The number of hydrogen-bond donors (Lipinski definition) is 0. The molecule has 0 amide bonds. The van der Waals surface area contributed by atoms with Gasteiger partial charge in [-0.05, 0) is 80.4 Å². The summed E-state index contributed by atoms with van der Waals surface area (Å²) in [5.41, 5.74) is 8.39. The maximum Gasteiger partial charge on any atom is 0.107 e. The Morgan fingerprint density at radius 2 is 1.09 bits per heavy atom. The van der Waals surface area contributed by atoms with E-state index in [2.05, 4.69) is 99.2 Å². The smallest absolute Gasteiger partial charge is 0.107 e. The third-order valence-electron chi connectivity index (χ3n) is 7.74. The molecule has 0 aliphatic carbocycles. The summed E-state index contributed by atoms with van der Waals surface area (Å²) in [6.45, 7) is 16.7. The van der Waals surface area contributed by atoms with E-state index in [1.165, 1.54) is 34.3 Å². The second kappa shape index (κ2) is 14.9. The summed E-state index contributed by atoms with van der Waals surface area (Å²) < 4.78 is 13.2. The van der Waals surface area contributed by atoms with Gasteiger partial charge in [-0.1, -0.05) is 61.7 Å². The average Bonchev–Trinajstić information content (AvgIpc) is 3.40. The van der Waals surface area contributed by atoms with E-state index in [0.29, 0.717) is 26.3 Å². The molecule has 0 bridgehead atoms. The molecule has 230 valence electrons. The van der Waals surface area contributed by atoms with E-state index in [1.54, 1.807) is 0 Å². The van der Waals surface area contributed by atoms with E-state index in [-0.39, 0.29) is 0 Å². The summed E-state index contributed by atoms with van der Waals surface area (Å²) in [7, 11) is 0. The Bertz CT molecular complexity index is 1680. The number of hydrazone groups is 2. The highest BCUT2D eigenvalue weighted by atomic mass is 16.5. The highest BCUT2D eigenvalue weighted by molar-refractivity contribution is 6.13. The van der Waals surface area contributed by atoms with Gasteiger partial charge in [0.2, 0.25) is 0 Å². The highest BCUT2D eigenvalue weighted by Gasteiger charge is 2.15. The van der Waals surface area contributed by atoms with Gasteiger partial charge in [-0.15, -0.1) is 0 Å². The van der Waals surface area contributed by atoms with E-state index in [1.807, 2.05) is 46.4 Å². The van der Waals surface area contributed by atoms with Crippen LogP contribution in [0.4, 0.5) is 11.4 Å². The fourth-order valence-corrected chi connectivity index (χ4v) is 5.49. The van der Waals surface area contributed by atoms with E-state index in [0.717, 1.165) is 40.5 Å². The van der Waals surface area contributed by atoms with Gasteiger partial charge in [0, 0.05) is 28.4 Å². The third kappa shape index (κ3) is 7.27. The van der Waals surface area contributed by atoms with Crippen LogP contribution in [-0.2, 0) is 16.0 Å². The number of hydrogen-bond acceptors (Lipinski definition) is 6. The molecule has 7 nitrogen and oxygen atoms in total. The van der Waals surface area contributed by atoms with Gasteiger partial charge in [0.05, 0.1) is 48.4 Å². The predicted molar refractivity (Wildman–Crippen MR) is 189 cm³/mol. The number of fused-ring (bicyclic) bond motifs is 3. The summed E-state index contributed by atoms with van der Waals surface area (Å²) in [5, 5.41) is 16.4. The molecule has 1 heterocycles. The normalized spacial score (nSPS) is 11.9. The number of aromatic nitrogens is 1. The first kappa shape index (κ1) is 31.1. The van der Waals surface area contributed by atoms with Crippen LogP contribution < -0.4 is 10.0 Å². The zero-order valence-electron chi connectivity index (χ0n) is 26.4. The van der Waals surface area contributed by atoms with Crippen molar-refractivity contribution in [2.24, 2.45) is 10.2 Å². The Balaban J connectivity index is 1.53. The standard InChI is InChI=1S/C38H41N5O2/c1-6-41-37-21-19-31(29(4)39-42(23-25-44-7-2)33-15-11-9-12-16-33)27-35(37)36-28-32(20-22-38(36)41)30(5)40-43(24-26-45-8-3)34-17-13-10-14-18-34/h7-22,27-28H,2-3,6,23-26H2,1,4-5H3/b39-29+,40-30+. The van der Waals surface area contributed by atoms with Crippen molar-refractivity contribution in [1.82, 2.24) is 4.57 Å². The minimum absolute atomic E-state index is 0.491. The zero-order valence-corrected chi connectivity index (χ0v) is 26.4. The van der Waals surface area contributed by atoms with Gasteiger partial charge >= 0.3 is 0 Å². The van der Waals surface area contributed by atoms with Crippen molar-refractivity contribution >= 4 is 44.6 Å². The topological polar surface area (TPSA) is 54.6 Å². The number of rotatable bonds is 15. The lowest BCUT2D eigenvalue weighted by Crippen LogP contribution is -2.23. The largest absolute Gasteiger partial charge is 0.500 e. The first-order valence-corrected chi connectivity index (χ1v) is 15.3. The van der Waals surface area contributed by atoms with Gasteiger partial charge in [0.1, 0.15) is 13.2 Å². The number of ether oxygens (including phenoxy) is 2. The molecule has 7 heteroatoms. The van der Waals surface area contributed by atoms with Crippen molar-refractivity contribution in [1.29, 1.82) is 0 Å². The molecule has 0 saturated heterocycles. The van der Waals surface area contributed by atoms with Crippen molar-refractivity contribution in [3.05, 3.63) is 134 Å². The first-order chi connectivity index (χ1) is 22.0. The molecule has 45 heavy (non-hydrogen) atoms. The maximum atomic E-state index is 5.43. The quantitative estimate of drug-likeness (QED) is 0.0523. The van der Waals surface area contributed by atoms with Crippen molar-refractivity contribution in [3.8, 4) is 0 Å². The summed E-state index contributed by atoms with van der Waals surface area (Å²) in [5.74, 6) is 0. The van der Waals surface area contributed by atoms with Crippen LogP contribution in [0.25, 0.3) is 21.8 Å². The highest BCUT2D eigenvalue weighted by Crippen LogP contribution is 2.31. The molecule has 0 fully saturated rings. The Morgan fingerprint density at radius 1 is 0.667 bits per heavy atom. The summed E-state index contributed by atoms with van der Waals surface area (Å²) in [6.07, 6.45) is 2.93. The zero-order chi connectivity index (χ0) is 31.6. The van der Waals surface area contributed by atoms with Crippen molar-refractivity contribution in [3.63, 3.8) is 0 Å². The number of aryl methyl sites for hydroxylation is 1. The summed E-state index contributed by atoms with van der Waals surface area (Å²) in [4.78, 5) is 0. The van der Waals surface area contributed by atoms with Crippen LogP contribution in [0.3, 0.4) is 0 Å². The first-order valence-electron chi connectivity index (χ1n) is 15.3. The van der Waals surface area contributed by atoms with E-state index >= 15 is 0 Å². The fraction of sp³-hybridized carbons (Fsp3) is 0.211. The van der Waals surface area contributed by atoms with Gasteiger partial charge in [0.25, 0.3) is 0 Å². The van der Waals surface area contributed by atoms with Crippen LogP contribution in [0.5, 0.6) is 0 Å². The van der Waals surface area contributed by atoms with Crippen molar-refractivity contribution in [2.45, 2.75) is 27.3 Å². The van der Waals surface area contributed by atoms with Crippen LogP contribution >= 0.6 is 0 Å². The molecule has 0 spiro atoms. The molecule has 1 aromatic heterocycles. The molecular formula is C38H41N5O2. The molecule has 0 unspecified atom stereocenters. The lowest BCUT2D eigenvalue weighted by molar-refractivity contribution is 0.258. The molecule has 0 saturated carbocycles. The molecule has 5 rings (SSSR count). The number of anilines is 2. The molecule has 4 aromatic carbocycles. The minimum atomic E-state index is 0.491. The molecule has 5 aromatic rings. The van der Waals surface area contributed by atoms with E-state index in [4.69, 9.17) is 19.7 Å². The SMILES string of the molecule is C=COCCN(/N=C(\C)c1ccc2c(c1)c1cc(/C(C)=N/N(CCOC=C)c3ccccc3)ccc1n2CC)c1ccccc1. The minimum Gasteiger partial charge on any atom is -0.500 e. The van der Waals surface area contributed by atoms with Gasteiger partial charge in [-0.2, -0.15) is 10.2 Å². The Kier molecular flexibility index (Phi) is 10.3. The molecule has 0 N–H and O–H groups in total. The predicted octanol–water partition coefficient (Wildman–Crippen LogP) is 8.60. The second-order valence-electron chi connectivity index (χ2n) is 10.6. The Labute approximate surface area is 266 Å².